The highest BCUT2D eigenvalue weighted by Crippen LogP contribution is 2.36. The fraction of sp³-hybridized carbons (Fsp3) is 0.276. The maximum absolute atomic E-state index is 13.4. The summed E-state index contributed by atoms with van der Waals surface area (Å²) in [4.78, 5) is 30.2. The summed E-state index contributed by atoms with van der Waals surface area (Å²) in [6.07, 6.45) is 4.53. The molecule has 0 radical (unpaired) electrons. The second-order valence-electron chi connectivity index (χ2n) is 9.43. The first-order chi connectivity index (χ1) is 18.2. The van der Waals surface area contributed by atoms with Gasteiger partial charge in [0.1, 0.15) is 0 Å². The minimum atomic E-state index is -0.00972. The van der Waals surface area contributed by atoms with Gasteiger partial charge < -0.3 is 14.4 Å². The highest BCUT2D eigenvalue weighted by Gasteiger charge is 2.26. The number of benzene rings is 2. The summed E-state index contributed by atoms with van der Waals surface area (Å²) < 4.78 is 12.9. The highest BCUT2D eigenvalue weighted by molar-refractivity contribution is 6.01. The van der Waals surface area contributed by atoms with Crippen molar-refractivity contribution in [2.45, 2.75) is 19.4 Å². The van der Waals surface area contributed by atoms with Crippen LogP contribution < -0.4 is 9.47 Å². The number of ether oxygens (including phenoxy) is 2. The summed E-state index contributed by atoms with van der Waals surface area (Å²) in [6, 6.07) is 19.2. The van der Waals surface area contributed by atoms with Gasteiger partial charge in [0.2, 0.25) is 6.79 Å². The predicted molar refractivity (Wildman–Crippen MR) is 138 cm³/mol. The number of fused-ring (bicyclic) bond motifs is 2. The van der Waals surface area contributed by atoms with Gasteiger partial charge in [0.05, 0.1) is 17.3 Å². The van der Waals surface area contributed by atoms with Gasteiger partial charge in [-0.1, -0.05) is 42.5 Å². The third kappa shape index (κ3) is 4.80. The molecule has 2 aliphatic rings. The number of aryl methyl sites for hydroxylation is 1. The Morgan fingerprint density at radius 3 is 2.59 bits per heavy atom. The molecular formula is C29H28N4O4. The minimum Gasteiger partial charge on any atom is -0.454 e. The molecule has 37 heavy (non-hydrogen) atoms. The summed E-state index contributed by atoms with van der Waals surface area (Å²) in [6.45, 7) is 3.88. The summed E-state index contributed by atoms with van der Waals surface area (Å²) in [5.41, 5.74) is 4.21. The molecule has 0 aliphatic carbocycles. The van der Waals surface area contributed by atoms with Crippen LogP contribution in [0.25, 0.3) is 5.52 Å². The van der Waals surface area contributed by atoms with E-state index in [1.165, 1.54) is 0 Å². The molecule has 1 amide bonds. The van der Waals surface area contributed by atoms with Crippen LogP contribution in [0, 0.1) is 0 Å². The summed E-state index contributed by atoms with van der Waals surface area (Å²) in [7, 11) is 0. The predicted octanol–water partition coefficient (Wildman–Crippen LogP) is 3.84. The number of carbonyl (C=O) groups excluding carboxylic acids is 2. The van der Waals surface area contributed by atoms with E-state index in [-0.39, 0.29) is 18.5 Å². The lowest BCUT2D eigenvalue weighted by Crippen LogP contribution is -2.48. The molecule has 0 unspecified atom stereocenters. The maximum atomic E-state index is 13.4. The molecule has 188 valence electrons. The number of rotatable bonds is 7. The average Bonchev–Trinajstić information content (AvgIpc) is 3.60. The Morgan fingerprint density at radius 1 is 0.919 bits per heavy atom. The monoisotopic (exact) mass is 496 g/mol. The first-order valence-electron chi connectivity index (χ1n) is 12.6. The first kappa shape index (κ1) is 23.2. The number of para-hydroxylation sites is 1. The van der Waals surface area contributed by atoms with E-state index >= 15 is 0 Å². The fourth-order valence-corrected chi connectivity index (χ4v) is 5.01. The third-order valence-electron chi connectivity index (χ3n) is 7.08. The summed E-state index contributed by atoms with van der Waals surface area (Å²) in [5, 5.41) is 4.39. The molecule has 1 saturated heterocycles. The van der Waals surface area contributed by atoms with Crippen LogP contribution in [0.15, 0.2) is 73.1 Å². The molecule has 8 nitrogen and oxygen atoms in total. The number of nitrogens with zero attached hydrogens (tertiary/aromatic N) is 4. The van der Waals surface area contributed by atoms with E-state index in [1.807, 2.05) is 65.7 Å². The number of amides is 1. The van der Waals surface area contributed by atoms with Gasteiger partial charge in [-0.15, -0.1) is 0 Å². The van der Waals surface area contributed by atoms with Crippen LogP contribution in [-0.4, -0.2) is 64.1 Å². The molecule has 2 aliphatic heterocycles. The lowest BCUT2D eigenvalue weighted by Gasteiger charge is -2.34. The molecule has 4 aromatic rings. The molecule has 0 spiro atoms. The molecule has 6 rings (SSSR count). The Hall–Kier alpha value is -4.17. The van der Waals surface area contributed by atoms with E-state index in [2.05, 4.69) is 16.1 Å². The van der Waals surface area contributed by atoms with Crippen molar-refractivity contribution in [1.29, 1.82) is 0 Å². The summed E-state index contributed by atoms with van der Waals surface area (Å²) in [5.74, 6) is 1.73. The van der Waals surface area contributed by atoms with Crippen molar-refractivity contribution in [1.82, 2.24) is 19.4 Å². The number of aromatic nitrogens is 2. The zero-order valence-corrected chi connectivity index (χ0v) is 20.5. The van der Waals surface area contributed by atoms with Crippen LogP contribution in [-0.2, 0) is 13.0 Å². The molecule has 0 N–H and O–H groups in total. The standard InChI is InChI=1S/C29H28N4O4/c34-26(22-5-2-1-3-6-22)10-9-21-11-12-33-25(17-21)24(18-30-33)29(35)32-15-13-31(14-16-32)19-23-7-4-8-27-28(23)37-20-36-27/h1-8,11-12,17-18H,9-10,13-16,19-20H2. The quantitative estimate of drug-likeness (QED) is 0.362. The second kappa shape index (κ2) is 10.1. The van der Waals surface area contributed by atoms with Crippen molar-refractivity contribution in [3.63, 3.8) is 0 Å². The molecule has 2 aromatic carbocycles. The molecule has 0 bridgehead atoms. The molecular weight excluding hydrogens is 468 g/mol. The normalized spacial score (nSPS) is 15.3. The number of Topliss-reactive ketones (excluding diaryl/α,β-unsaturated/α-hetero) is 1. The van der Waals surface area contributed by atoms with Crippen LogP contribution in [0.5, 0.6) is 11.5 Å². The molecule has 4 heterocycles. The van der Waals surface area contributed by atoms with Crippen LogP contribution in [0.1, 0.15) is 38.3 Å². The Morgan fingerprint density at radius 2 is 1.76 bits per heavy atom. The van der Waals surface area contributed by atoms with Crippen molar-refractivity contribution in [2.75, 3.05) is 33.0 Å². The number of hydrogen-bond acceptors (Lipinski definition) is 6. The molecule has 8 heteroatoms. The average molecular weight is 497 g/mol. The van der Waals surface area contributed by atoms with Gasteiger partial charge in [-0.3, -0.25) is 14.5 Å². The lowest BCUT2D eigenvalue weighted by molar-refractivity contribution is 0.0628. The van der Waals surface area contributed by atoms with Gasteiger partial charge in [0.25, 0.3) is 5.91 Å². The Kier molecular flexibility index (Phi) is 6.32. The van der Waals surface area contributed by atoms with E-state index in [1.54, 1.807) is 10.7 Å². The van der Waals surface area contributed by atoms with Crippen molar-refractivity contribution in [3.8, 4) is 11.5 Å². The summed E-state index contributed by atoms with van der Waals surface area (Å²) >= 11 is 0. The molecule has 0 atom stereocenters. The zero-order chi connectivity index (χ0) is 25.2. The van der Waals surface area contributed by atoms with Crippen LogP contribution in [0.2, 0.25) is 0 Å². The third-order valence-corrected chi connectivity index (χ3v) is 7.08. The minimum absolute atomic E-state index is 0.00972. The van der Waals surface area contributed by atoms with E-state index in [0.717, 1.165) is 53.3 Å². The van der Waals surface area contributed by atoms with Gasteiger partial charge in [-0.25, -0.2) is 4.52 Å². The van der Waals surface area contributed by atoms with Crippen molar-refractivity contribution >= 4 is 17.2 Å². The Labute approximate surface area is 215 Å². The highest BCUT2D eigenvalue weighted by atomic mass is 16.7. The van der Waals surface area contributed by atoms with Gasteiger partial charge >= 0.3 is 0 Å². The van der Waals surface area contributed by atoms with Crippen LogP contribution in [0.3, 0.4) is 0 Å². The smallest absolute Gasteiger partial charge is 0.257 e. The molecule has 2 aromatic heterocycles. The largest absolute Gasteiger partial charge is 0.454 e. The fourth-order valence-electron chi connectivity index (χ4n) is 5.01. The SMILES string of the molecule is O=C(CCc1ccn2ncc(C(=O)N3CCN(Cc4cccc5c4OCO5)CC3)c2c1)c1ccccc1. The van der Waals surface area contributed by atoms with Crippen molar-refractivity contribution < 1.29 is 19.1 Å². The number of carbonyl (C=O) groups is 2. The Balaban J connectivity index is 1.09. The number of piperazine rings is 1. The number of pyridine rings is 1. The number of hydrogen-bond donors (Lipinski definition) is 0. The van der Waals surface area contributed by atoms with Crippen LogP contribution in [0.4, 0.5) is 0 Å². The topological polar surface area (TPSA) is 76.4 Å². The second-order valence-corrected chi connectivity index (χ2v) is 9.43. The van der Waals surface area contributed by atoms with E-state index in [0.29, 0.717) is 31.5 Å². The van der Waals surface area contributed by atoms with Gasteiger partial charge in [0.15, 0.2) is 17.3 Å². The maximum Gasteiger partial charge on any atom is 0.257 e. The van der Waals surface area contributed by atoms with E-state index in [4.69, 9.17) is 9.47 Å². The van der Waals surface area contributed by atoms with Gasteiger partial charge in [0, 0.05) is 56.5 Å². The number of ketones is 1. The van der Waals surface area contributed by atoms with Gasteiger partial charge in [-0.2, -0.15) is 5.10 Å². The first-order valence-corrected chi connectivity index (χ1v) is 12.6. The van der Waals surface area contributed by atoms with Crippen molar-refractivity contribution in [2.24, 2.45) is 0 Å². The lowest BCUT2D eigenvalue weighted by atomic mass is 10.0. The molecule has 0 saturated carbocycles. The zero-order valence-electron chi connectivity index (χ0n) is 20.5. The van der Waals surface area contributed by atoms with E-state index in [9.17, 15) is 9.59 Å². The molecule has 1 fully saturated rings. The van der Waals surface area contributed by atoms with Gasteiger partial charge in [-0.05, 0) is 30.2 Å². The van der Waals surface area contributed by atoms with Crippen molar-refractivity contribution in [3.05, 3.63) is 95.3 Å². The van der Waals surface area contributed by atoms with Crippen LogP contribution >= 0.6 is 0 Å². The Bertz CT molecular complexity index is 1440. The van der Waals surface area contributed by atoms with E-state index < -0.39 is 0 Å².